The first-order valence-corrected chi connectivity index (χ1v) is 6.33. The molecule has 2 nitrogen and oxygen atoms in total. The van der Waals surface area contributed by atoms with Crippen LogP contribution in [0.4, 0.5) is 0 Å². The Balaban J connectivity index is 2.55. The van der Waals surface area contributed by atoms with Gasteiger partial charge in [-0.2, -0.15) is 0 Å². The fraction of sp³-hybridized carbons (Fsp3) is 0.312. The molecule has 1 aromatic carbocycles. The predicted octanol–water partition coefficient (Wildman–Crippen LogP) is 4.00. The van der Waals surface area contributed by atoms with E-state index in [4.69, 9.17) is 0 Å². The van der Waals surface area contributed by atoms with E-state index in [1.165, 1.54) is 5.56 Å². The van der Waals surface area contributed by atoms with E-state index >= 15 is 0 Å². The Bertz CT molecular complexity index is 576. The molecule has 1 aromatic heterocycles. The summed E-state index contributed by atoms with van der Waals surface area (Å²) in [5.74, 6) is 0.210. The number of aryl methyl sites for hydroxylation is 2. The van der Waals surface area contributed by atoms with Gasteiger partial charge in [0.05, 0.1) is 0 Å². The second-order valence-electron chi connectivity index (χ2n) is 4.73. The van der Waals surface area contributed by atoms with Crippen LogP contribution in [0.3, 0.4) is 0 Å². The van der Waals surface area contributed by atoms with Crippen molar-refractivity contribution in [2.75, 3.05) is 0 Å². The van der Waals surface area contributed by atoms with Crippen LogP contribution in [0.15, 0.2) is 30.3 Å². The van der Waals surface area contributed by atoms with Crippen LogP contribution < -0.4 is 0 Å². The number of Topliss-reactive ketones (excluding diaryl/α,β-unsaturated/α-hetero) is 1. The molecule has 0 radical (unpaired) electrons. The van der Waals surface area contributed by atoms with Crippen LogP contribution in [0.1, 0.15) is 40.7 Å². The summed E-state index contributed by atoms with van der Waals surface area (Å²) in [7, 11) is 0. The summed E-state index contributed by atoms with van der Waals surface area (Å²) in [6, 6.07) is 10.4. The second kappa shape index (κ2) is 4.81. The highest BCUT2D eigenvalue weighted by atomic mass is 16.1. The van der Waals surface area contributed by atoms with Gasteiger partial charge in [0.25, 0.3) is 0 Å². The molecule has 0 saturated carbocycles. The molecule has 1 heterocycles. The largest absolute Gasteiger partial charge is 0.318 e. The highest BCUT2D eigenvalue weighted by molar-refractivity contribution is 5.97. The number of nitrogens with zero attached hydrogens (tertiary/aromatic N) is 1. The number of hydrogen-bond donors (Lipinski definition) is 0. The van der Waals surface area contributed by atoms with Crippen molar-refractivity contribution in [1.29, 1.82) is 0 Å². The lowest BCUT2D eigenvalue weighted by Crippen LogP contribution is -2.02. The van der Waals surface area contributed by atoms with Gasteiger partial charge in [0, 0.05) is 29.1 Å². The van der Waals surface area contributed by atoms with Crippen LogP contribution in [-0.2, 0) is 0 Å². The third-order valence-corrected chi connectivity index (χ3v) is 3.34. The van der Waals surface area contributed by atoms with E-state index < -0.39 is 0 Å². The van der Waals surface area contributed by atoms with E-state index in [0.717, 1.165) is 22.6 Å². The van der Waals surface area contributed by atoms with Crippen LogP contribution in [0.5, 0.6) is 0 Å². The Morgan fingerprint density at radius 3 is 2.28 bits per heavy atom. The van der Waals surface area contributed by atoms with Crippen molar-refractivity contribution in [3.63, 3.8) is 0 Å². The lowest BCUT2D eigenvalue weighted by molar-refractivity contribution is 0.0987. The molecule has 0 aliphatic rings. The molecule has 0 unspecified atom stereocenters. The lowest BCUT2D eigenvalue weighted by atomic mass is 10.1. The molecule has 0 aliphatic heterocycles. The quantitative estimate of drug-likeness (QED) is 0.744. The van der Waals surface area contributed by atoms with Gasteiger partial charge in [-0.3, -0.25) is 4.79 Å². The Morgan fingerprint density at radius 2 is 1.72 bits per heavy atom. The normalized spacial score (nSPS) is 10.7. The zero-order chi connectivity index (χ0) is 13.3. The van der Waals surface area contributed by atoms with Crippen LogP contribution >= 0.6 is 0 Å². The predicted molar refractivity (Wildman–Crippen MR) is 74.6 cm³/mol. The number of rotatable bonds is 3. The summed E-state index contributed by atoms with van der Waals surface area (Å²) in [5.41, 5.74) is 5.34. The Morgan fingerprint density at radius 1 is 1.11 bits per heavy atom. The number of carbonyl (C=O) groups excluding carboxylic acids is 1. The van der Waals surface area contributed by atoms with E-state index in [1.54, 1.807) is 0 Å². The van der Waals surface area contributed by atoms with Crippen LogP contribution in [0.2, 0.25) is 0 Å². The van der Waals surface area contributed by atoms with Crippen LogP contribution in [-0.4, -0.2) is 10.4 Å². The molecule has 0 saturated heterocycles. The van der Waals surface area contributed by atoms with Crippen molar-refractivity contribution in [2.45, 2.75) is 34.1 Å². The van der Waals surface area contributed by atoms with Gasteiger partial charge < -0.3 is 4.57 Å². The summed E-state index contributed by atoms with van der Waals surface area (Å²) in [6.45, 7) is 8.03. The molecule has 0 bridgehead atoms. The topological polar surface area (TPSA) is 22.0 Å². The number of aromatic nitrogens is 1. The first kappa shape index (κ1) is 12.6. The molecular formula is C16H19NO. The lowest BCUT2D eigenvalue weighted by Gasteiger charge is -2.10. The van der Waals surface area contributed by atoms with Crippen LogP contribution in [0.25, 0.3) is 5.69 Å². The van der Waals surface area contributed by atoms with Crippen molar-refractivity contribution in [2.24, 2.45) is 0 Å². The molecule has 0 spiro atoms. The fourth-order valence-corrected chi connectivity index (χ4v) is 2.33. The Labute approximate surface area is 108 Å². The molecule has 2 rings (SSSR count). The smallest absolute Gasteiger partial charge is 0.164 e. The summed E-state index contributed by atoms with van der Waals surface area (Å²) in [6.07, 6.45) is 0.554. The molecule has 0 N–H and O–H groups in total. The minimum Gasteiger partial charge on any atom is -0.318 e. The monoisotopic (exact) mass is 241 g/mol. The third kappa shape index (κ3) is 2.10. The van der Waals surface area contributed by atoms with E-state index in [1.807, 2.05) is 26.8 Å². The Hall–Kier alpha value is -1.83. The van der Waals surface area contributed by atoms with E-state index in [-0.39, 0.29) is 5.78 Å². The van der Waals surface area contributed by atoms with Gasteiger partial charge in [-0.05, 0) is 39.0 Å². The second-order valence-corrected chi connectivity index (χ2v) is 4.73. The number of benzene rings is 1. The van der Waals surface area contributed by atoms with Gasteiger partial charge in [0.2, 0.25) is 0 Å². The molecule has 18 heavy (non-hydrogen) atoms. The molecule has 2 aromatic rings. The highest BCUT2D eigenvalue weighted by Gasteiger charge is 2.14. The van der Waals surface area contributed by atoms with Gasteiger partial charge in [-0.25, -0.2) is 0 Å². The van der Waals surface area contributed by atoms with Crippen molar-refractivity contribution >= 4 is 5.78 Å². The number of ketones is 1. The average Bonchev–Trinajstić information content (AvgIpc) is 2.65. The molecular weight excluding hydrogens is 222 g/mol. The number of carbonyl (C=O) groups is 1. The molecule has 0 amide bonds. The Kier molecular flexibility index (Phi) is 3.37. The van der Waals surface area contributed by atoms with Crippen LogP contribution in [0, 0.1) is 20.8 Å². The van der Waals surface area contributed by atoms with E-state index in [2.05, 4.69) is 35.8 Å². The minimum absolute atomic E-state index is 0.210. The van der Waals surface area contributed by atoms with Crippen molar-refractivity contribution in [3.8, 4) is 5.69 Å². The molecule has 0 atom stereocenters. The summed E-state index contributed by atoms with van der Waals surface area (Å²) < 4.78 is 2.14. The maximum Gasteiger partial charge on any atom is 0.164 e. The van der Waals surface area contributed by atoms with Gasteiger partial charge in [-0.1, -0.05) is 24.6 Å². The highest BCUT2D eigenvalue weighted by Crippen LogP contribution is 2.22. The van der Waals surface area contributed by atoms with Crippen molar-refractivity contribution in [3.05, 3.63) is 52.8 Å². The van der Waals surface area contributed by atoms with Crippen molar-refractivity contribution in [1.82, 2.24) is 4.57 Å². The average molecular weight is 241 g/mol. The first-order valence-electron chi connectivity index (χ1n) is 6.33. The van der Waals surface area contributed by atoms with Gasteiger partial charge >= 0.3 is 0 Å². The van der Waals surface area contributed by atoms with Crippen molar-refractivity contribution < 1.29 is 4.79 Å². The van der Waals surface area contributed by atoms with Gasteiger partial charge in [0.15, 0.2) is 5.78 Å². The standard InChI is InChI=1S/C16H19NO/c1-5-16(18)15-10-12(3)17(13(15)4)14-8-6-11(2)7-9-14/h6-10H,5H2,1-4H3. The summed E-state index contributed by atoms with van der Waals surface area (Å²) >= 11 is 0. The summed E-state index contributed by atoms with van der Waals surface area (Å²) in [5, 5.41) is 0. The van der Waals surface area contributed by atoms with Gasteiger partial charge in [-0.15, -0.1) is 0 Å². The summed E-state index contributed by atoms with van der Waals surface area (Å²) in [4.78, 5) is 11.9. The zero-order valence-electron chi connectivity index (χ0n) is 11.4. The molecule has 0 aliphatic carbocycles. The number of hydrogen-bond acceptors (Lipinski definition) is 1. The molecule has 2 heteroatoms. The van der Waals surface area contributed by atoms with Gasteiger partial charge in [0.1, 0.15) is 0 Å². The third-order valence-electron chi connectivity index (χ3n) is 3.34. The molecule has 0 fully saturated rings. The maximum atomic E-state index is 11.9. The molecule has 94 valence electrons. The minimum atomic E-state index is 0.210. The van der Waals surface area contributed by atoms with E-state index in [0.29, 0.717) is 6.42 Å². The maximum absolute atomic E-state index is 11.9. The SMILES string of the molecule is CCC(=O)c1cc(C)n(-c2ccc(C)cc2)c1C. The first-order chi connectivity index (χ1) is 8.54. The zero-order valence-corrected chi connectivity index (χ0v) is 11.4. The van der Waals surface area contributed by atoms with E-state index in [9.17, 15) is 4.79 Å². The fourth-order valence-electron chi connectivity index (χ4n) is 2.33.